The Morgan fingerprint density at radius 1 is 0.951 bits per heavy atom. The molecule has 1 N–H and O–H groups in total. The molecule has 0 fully saturated rings. The number of phenols is 1. The van der Waals surface area contributed by atoms with E-state index in [2.05, 4.69) is 15.9 Å². The van der Waals surface area contributed by atoms with E-state index in [4.69, 9.17) is 10.1 Å². The first kappa shape index (κ1) is 26.7. The minimum atomic E-state index is -0.215. The number of nitrogens with zero attached hydrogens (tertiary/aromatic N) is 5. The number of benzene rings is 4. The van der Waals surface area contributed by atoms with Gasteiger partial charge in [-0.15, -0.1) is 11.3 Å². The van der Waals surface area contributed by atoms with Gasteiger partial charge in [-0.3, -0.25) is 9.48 Å². The highest BCUT2D eigenvalue weighted by Gasteiger charge is 2.18. The molecule has 2 heterocycles. The summed E-state index contributed by atoms with van der Waals surface area (Å²) in [7, 11) is 1.85. The second-order valence-electron chi connectivity index (χ2n) is 9.62. The van der Waals surface area contributed by atoms with Gasteiger partial charge in [-0.1, -0.05) is 76.6 Å². The van der Waals surface area contributed by atoms with Crippen LogP contribution in [-0.2, 0) is 7.05 Å². The van der Waals surface area contributed by atoms with Crippen LogP contribution >= 0.6 is 27.3 Å². The summed E-state index contributed by atoms with van der Waals surface area (Å²) in [5.74, 6) is 0.173. The number of hydrogen-bond donors (Lipinski definition) is 1. The Hall–Kier alpha value is -4.47. The highest BCUT2D eigenvalue weighted by molar-refractivity contribution is 9.10. The van der Waals surface area contributed by atoms with Gasteiger partial charge in [-0.25, -0.2) is 14.4 Å². The summed E-state index contributed by atoms with van der Waals surface area (Å²) in [6.07, 6.45) is 0. The van der Waals surface area contributed by atoms with Crippen molar-refractivity contribution >= 4 is 49.4 Å². The van der Waals surface area contributed by atoms with Crippen molar-refractivity contribution in [1.29, 1.82) is 0 Å². The normalized spacial score (nSPS) is 12.4. The zero-order chi connectivity index (χ0) is 28.7. The first-order valence-electron chi connectivity index (χ1n) is 13.0. The van der Waals surface area contributed by atoms with Crippen molar-refractivity contribution in [3.05, 3.63) is 127 Å². The molecule has 0 spiro atoms. The van der Waals surface area contributed by atoms with Crippen LogP contribution in [0.5, 0.6) is 5.75 Å². The van der Waals surface area contributed by atoms with Gasteiger partial charge in [0.1, 0.15) is 5.75 Å². The summed E-state index contributed by atoms with van der Waals surface area (Å²) in [5, 5.41) is 19.8. The molecule has 0 atom stereocenters. The molecule has 9 heteroatoms. The fraction of sp³-hybridized carbons (Fsp3) is 0.0938. The molecule has 2 aromatic heterocycles. The fourth-order valence-electron chi connectivity index (χ4n) is 4.85. The average molecular weight is 625 g/mol. The van der Waals surface area contributed by atoms with Crippen LogP contribution in [0.1, 0.15) is 18.2 Å². The number of hydrogen-bond acceptors (Lipinski definition) is 5. The Kier molecular flexibility index (Phi) is 7.07. The third kappa shape index (κ3) is 4.87. The quantitative estimate of drug-likeness (QED) is 0.207. The molecule has 41 heavy (non-hydrogen) atoms. The molecule has 4 aromatic carbocycles. The molecule has 0 bridgehead atoms. The summed E-state index contributed by atoms with van der Waals surface area (Å²) in [6, 6.07) is 29.0. The number of aromatic nitrogens is 3. The average Bonchev–Trinajstić information content (AvgIpc) is 3.46. The number of para-hydroxylation sites is 1. The third-order valence-electron chi connectivity index (χ3n) is 7.08. The summed E-state index contributed by atoms with van der Waals surface area (Å²) in [5.41, 5.74) is 4.60. The van der Waals surface area contributed by atoms with Crippen LogP contribution in [0.25, 0.3) is 27.7 Å². The first-order chi connectivity index (χ1) is 19.8. The van der Waals surface area contributed by atoms with E-state index in [0.29, 0.717) is 21.8 Å². The van der Waals surface area contributed by atoms with Crippen LogP contribution in [0.3, 0.4) is 0 Å². The smallest absolute Gasteiger partial charge is 0.297 e. The molecule has 0 radical (unpaired) electrons. The van der Waals surface area contributed by atoms with Gasteiger partial charge in [-0.2, -0.15) is 5.10 Å². The largest absolute Gasteiger partial charge is 0.507 e. The van der Waals surface area contributed by atoms with Gasteiger partial charge in [0.05, 0.1) is 22.8 Å². The predicted octanol–water partition coefficient (Wildman–Crippen LogP) is 7.14. The zero-order valence-corrected chi connectivity index (χ0v) is 25.0. The van der Waals surface area contributed by atoms with E-state index >= 15 is 0 Å². The molecule has 7 nitrogen and oxygen atoms in total. The lowest BCUT2D eigenvalue weighted by molar-refractivity contribution is 0.480. The van der Waals surface area contributed by atoms with E-state index in [1.807, 2.05) is 122 Å². The second-order valence-corrected chi connectivity index (χ2v) is 11.4. The molecular weight excluding hydrogens is 598 g/mol. The van der Waals surface area contributed by atoms with Gasteiger partial charge in [0.25, 0.3) is 5.56 Å². The van der Waals surface area contributed by atoms with Gasteiger partial charge in [0.2, 0.25) is 4.80 Å². The van der Waals surface area contributed by atoms with E-state index < -0.39 is 0 Å². The molecule has 0 saturated carbocycles. The van der Waals surface area contributed by atoms with Gasteiger partial charge >= 0.3 is 0 Å². The SMILES string of the molecule is CC(=Nn1c(-c2cccc(Br)c2)csc1=Nc1c(C)n(C)n(-c2ccccc2)c1=O)c1ccc2ccccc2c1O. The topological polar surface area (TPSA) is 76.8 Å². The summed E-state index contributed by atoms with van der Waals surface area (Å²) in [4.78, 5) is 19.0. The Morgan fingerprint density at radius 2 is 1.71 bits per heavy atom. The van der Waals surface area contributed by atoms with Crippen molar-refractivity contribution in [2.75, 3.05) is 0 Å². The van der Waals surface area contributed by atoms with E-state index in [0.717, 1.165) is 37.9 Å². The fourth-order valence-corrected chi connectivity index (χ4v) is 6.08. The third-order valence-corrected chi connectivity index (χ3v) is 8.39. The Bertz CT molecular complexity index is 2080. The molecule has 0 aliphatic rings. The van der Waals surface area contributed by atoms with Gasteiger partial charge in [0, 0.05) is 33.4 Å². The second kappa shape index (κ2) is 10.8. The van der Waals surface area contributed by atoms with Gasteiger partial charge < -0.3 is 5.11 Å². The molecule has 6 aromatic rings. The summed E-state index contributed by atoms with van der Waals surface area (Å²) in [6.45, 7) is 3.74. The molecule has 204 valence electrons. The van der Waals surface area contributed by atoms with Crippen LogP contribution in [0.15, 0.2) is 116 Å². The highest BCUT2D eigenvalue weighted by Crippen LogP contribution is 2.30. The standard InChI is InChI=1S/C32H26BrN5O2S/c1-20(26-17-16-22-10-7-8-15-27(22)30(26)39)35-37-28(23-11-9-12-24(33)18-23)19-41-32(37)34-29-21(2)36(3)38(31(29)40)25-13-5-4-6-14-25/h4-19,39H,1-3H3. The van der Waals surface area contributed by atoms with Crippen molar-refractivity contribution in [2.45, 2.75) is 13.8 Å². The van der Waals surface area contributed by atoms with Crippen LogP contribution in [0.2, 0.25) is 0 Å². The van der Waals surface area contributed by atoms with Crippen molar-refractivity contribution in [2.24, 2.45) is 17.1 Å². The van der Waals surface area contributed by atoms with Crippen LogP contribution in [-0.4, -0.2) is 24.9 Å². The monoisotopic (exact) mass is 623 g/mol. The Labute approximate surface area is 248 Å². The highest BCUT2D eigenvalue weighted by atomic mass is 79.9. The number of halogens is 1. The molecule has 0 unspecified atom stereocenters. The Morgan fingerprint density at radius 3 is 2.49 bits per heavy atom. The molecule has 0 aliphatic heterocycles. The number of rotatable bonds is 5. The lowest BCUT2D eigenvalue weighted by Gasteiger charge is -2.10. The number of phenolic OH excluding ortho intramolecular Hbond substituents is 1. The predicted molar refractivity (Wildman–Crippen MR) is 170 cm³/mol. The minimum Gasteiger partial charge on any atom is -0.507 e. The van der Waals surface area contributed by atoms with E-state index in [1.165, 1.54) is 11.3 Å². The van der Waals surface area contributed by atoms with E-state index in [-0.39, 0.29) is 11.3 Å². The maximum atomic E-state index is 13.6. The van der Waals surface area contributed by atoms with Crippen LogP contribution < -0.4 is 10.4 Å². The maximum Gasteiger partial charge on any atom is 0.297 e. The minimum absolute atomic E-state index is 0.173. The van der Waals surface area contributed by atoms with E-state index in [9.17, 15) is 9.90 Å². The van der Waals surface area contributed by atoms with E-state index in [1.54, 1.807) is 9.36 Å². The Balaban J connectivity index is 1.57. The number of thiazole rings is 1. The molecule has 0 aliphatic carbocycles. The van der Waals surface area contributed by atoms with Gasteiger partial charge in [-0.05, 0) is 49.6 Å². The molecular formula is C32H26BrN5O2S. The van der Waals surface area contributed by atoms with Crippen LogP contribution in [0, 0.1) is 6.92 Å². The zero-order valence-electron chi connectivity index (χ0n) is 22.6. The van der Waals surface area contributed by atoms with Gasteiger partial charge in [0.15, 0.2) is 5.69 Å². The van der Waals surface area contributed by atoms with Crippen LogP contribution in [0.4, 0.5) is 5.69 Å². The first-order valence-corrected chi connectivity index (χ1v) is 14.6. The van der Waals surface area contributed by atoms with Crippen molar-refractivity contribution < 1.29 is 5.11 Å². The summed E-state index contributed by atoms with van der Waals surface area (Å²) < 4.78 is 6.10. The molecule has 0 amide bonds. The van der Waals surface area contributed by atoms with Crippen molar-refractivity contribution in [3.63, 3.8) is 0 Å². The molecule has 0 saturated heterocycles. The van der Waals surface area contributed by atoms with Crippen molar-refractivity contribution in [1.82, 2.24) is 14.0 Å². The number of aromatic hydroxyl groups is 1. The maximum absolute atomic E-state index is 13.6. The molecule has 6 rings (SSSR count). The lowest BCUT2D eigenvalue weighted by atomic mass is 10.0. The van der Waals surface area contributed by atoms with Crippen molar-refractivity contribution in [3.8, 4) is 22.7 Å². The number of fused-ring (bicyclic) bond motifs is 1. The lowest BCUT2D eigenvalue weighted by Crippen LogP contribution is -2.20. The summed E-state index contributed by atoms with van der Waals surface area (Å²) >= 11 is 4.97.